The molecule has 1 aromatic rings. The van der Waals surface area contributed by atoms with Crippen LogP contribution in [0.1, 0.15) is 73.9 Å². The summed E-state index contributed by atoms with van der Waals surface area (Å²) in [7, 11) is 0. The number of carbonyl (C=O) groups is 3. The topological polar surface area (TPSA) is 97.3 Å². The van der Waals surface area contributed by atoms with Gasteiger partial charge in [-0.1, -0.05) is 48.9 Å². The fourth-order valence-corrected chi connectivity index (χ4v) is 3.70. The SMILES string of the molecule is [2H]C([2H])([2H])N1CC(=O)OC2(CCC/C=C\CCCCCC(=O)N/C1=N/C(=O)OCc1ccccc1)CC2. The number of guanidine groups is 1. The molecule has 1 aliphatic carbocycles. The molecule has 1 saturated carbocycles. The highest BCUT2D eigenvalue weighted by atomic mass is 16.6. The summed E-state index contributed by atoms with van der Waals surface area (Å²) < 4.78 is 34.7. The van der Waals surface area contributed by atoms with Crippen LogP contribution in [-0.2, 0) is 25.7 Å². The fourth-order valence-electron chi connectivity index (χ4n) is 3.70. The van der Waals surface area contributed by atoms with E-state index in [2.05, 4.69) is 22.5 Å². The second kappa shape index (κ2) is 12.9. The van der Waals surface area contributed by atoms with Crippen LogP contribution in [0.3, 0.4) is 0 Å². The van der Waals surface area contributed by atoms with Gasteiger partial charge >= 0.3 is 12.1 Å². The first-order valence-electron chi connectivity index (χ1n) is 13.4. The quantitative estimate of drug-likeness (QED) is 0.503. The zero-order valence-corrected chi connectivity index (χ0v) is 19.5. The standard InChI is InChI=1S/C26H35N3O5/c1-29-19-23(31)34-26(17-18-26)16-12-7-5-3-2-4-6-11-15-22(30)27-24(29)28-25(32)33-20-21-13-9-8-10-14-21/h3,5,8-10,13-14H,2,4,6-7,11-12,15-20H2,1H3,(H,27,28,30,32)/b5-3-/i1D3. The number of allylic oxidation sites excluding steroid dienone is 2. The molecule has 3 rings (SSSR count). The molecule has 1 spiro atoms. The fraction of sp³-hybridized carbons (Fsp3) is 0.538. The van der Waals surface area contributed by atoms with Crippen molar-refractivity contribution in [1.29, 1.82) is 0 Å². The predicted octanol–water partition coefficient (Wildman–Crippen LogP) is 4.49. The largest absolute Gasteiger partial charge is 0.458 e. The molecule has 0 unspecified atom stereocenters. The predicted molar refractivity (Wildman–Crippen MR) is 129 cm³/mol. The molecule has 0 aromatic heterocycles. The van der Waals surface area contributed by atoms with Gasteiger partial charge in [0.2, 0.25) is 11.9 Å². The van der Waals surface area contributed by atoms with Gasteiger partial charge in [0.1, 0.15) is 18.8 Å². The minimum Gasteiger partial charge on any atom is -0.458 e. The lowest BCUT2D eigenvalue weighted by molar-refractivity contribution is -0.151. The maximum Gasteiger partial charge on any atom is 0.437 e. The normalized spacial score (nSPS) is 23.9. The van der Waals surface area contributed by atoms with Crippen molar-refractivity contribution >= 4 is 23.9 Å². The number of likely N-dealkylation sites (N-methyl/N-ethyl adjacent to an activating group) is 1. The molecule has 1 aliphatic heterocycles. The molecule has 0 radical (unpaired) electrons. The molecule has 0 atom stereocenters. The Balaban J connectivity index is 1.79. The van der Waals surface area contributed by atoms with Gasteiger partial charge in [-0.3, -0.25) is 14.9 Å². The monoisotopic (exact) mass is 472 g/mol. The third-order valence-corrected chi connectivity index (χ3v) is 5.78. The van der Waals surface area contributed by atoms with Gasteiger partial charge in [-0.25, -0.2) is 4.79 Å². The van der Waals surface area contributed by atoms with Crippen molar-refractivity contribution in [1.82, 2.24) is 10.2 Å². The van der Waals surface area contributed by atoms with Crippen LogP contribution in [0.2, 0.25) is 0 Å². The van der Waals surface area contributed by atoms with Crippen molar-refractivity contribution in [2.75, 3.05) is 13.5 Å². The number of aliphatic imine (C=N–C) groups is 1. The molecule has 1 N–H and O–H groups in total. The van der Waals surface area contributed by atoms with E-state index >= 15 is 0 Å². The lowest BCUT2D eigenvalue weighted by atomic mass is 10.1. The molecule has 1 fully saturated rings. The van der Waals surface area contributed by atoms with Crippen molar-refractivity contribution in [3.05, 3.63) is 48.0 Å². The summed E-state index contributed by atoms with van der Waals surface area (Å²) in [5.41, 5.74) is 0.136. The Morgan fingerprint density at radius 1 is 1.12 bits per heavy atom. The Morgan fingerprint density at radius 2 is 1.88 bits per heavy atom. The lowest BCUT2D eigenvalue weighted by Crippen LogP contribution is -2.45. The van der Waals surface area contributed by atoms with E-state index in [9.17, 15) is 14.4 Å². The first-order chi connectivity index (χ1) is 17.7. The van der Waals surface area contributed by atoms with E-state index in [-0.39, 0.29) is 13.0 Å². The highest BCUT2D eigenvalue weighted by Gasteiger charge is 2.46. The molecule has 34 heavy (non-hydrogen) atoms. The van der Waals surface area contributed by atoms with E-state index in [0.717, 1.165) is 44.9 Å². The third kappa shape index (κ3) is 9.00. The highest BCUT2D eigenvalue weighted by Crippen LogP contribution is 2.44. The van der Waals surface area contributed by atoms with Gasteiger partial charge in [0.05, 0.1) is 0 Å². The van der Waals surface area contributed by atoms with E-state index in [1.165, 1.54) is 0 Å². The number of hydrogen-bond acceptors (Lipinski definition) is 5. The maximum absolute atomic E-state index is 12.8. The van der Waals surface area contributed by atoms with Crippen LogP contribution >= 0.6 is 0 Å². The molecule has 2 amide bonds. The lowest BCUT2D eigenvalue weighted by Gasteiger charge is -2.23. The number of esters is 1. The van der Waals surface area contributed by atoms with Crippen LogP contribution in [0.5, 0.6) is 0 Å². The van der Waals surface area contributed by atoms with Crippen molar-refractivity contribution in [3.63, 3.8) is 0 Å². The molecule has 8 nitrogen and oxygen atoms in total. The van der Waals surface area contributed by atoms with Crippen molar-refractivity contribution < 1.29 is 28.0 Å². The number of carbonyl (C=O) groups excluding carboxylic acids is 3. The number of hydrogen-bond donors (Lipinski definition) is 1. The first kappa shape index (κ1) is 21.4. The van der Waals surface area contributed by atoms with Crippen LogP contribution in [0.4, 0.5) is 4.79 Å². The van der Waals surface area contributed by atoms with Gasteiger partial charge in [-0.15, -0.1) is 4.99 Å². The minimum atomic E-state index is -2.88. The van der Waals surface area contributed by atoms with Gasteiger partial charge in [-0.2, -0.15) is 0 Å². The number of amides is 2. The van der Waals surface area contributed by atoms with Crippen LogP contribution in [-0.4, -0.2) is 48.0 Å². The number of nitrogens with zero attached hydrogens (tertiary/aromatic N) is 2. The molecule has 184 valence electrons. The molecule has 1 heterocycles. The Kier molecular flexibility index (Phi) is 8.12. The average Bonchev–Trinajstić information content (AvgIpc) is 3.60. The Bertz CT molecular complexity index is 991. The van der Waals surface area contributed by atoms with Crippen LogP contribution in [0.15, 0.2) is 47.5 Å². The minimum absolute atomic E-state index is 0.0861. The van der Waals surface area contributed by atoms with Crippen LogP contribution in [0.25, 0.3) is 0 Å². The molecule has 1 aromatic carbocycles. The second-order valence-corrected chi connectivity index (χ2v) is 8.73. The van der Waals surface area contributed by atoms with Crippen molar-refractivity contribution in [3.8, 4) is 0 Å². The molecule has 2 aliphatic rings. The molecule has 0 saturated heterocycles. The molecule has 8 heteroatoms. The second-order valence-electron chi connectivity index (χ2n) is 8.73. The maximum atomic E-state index is 12.8. The number of ether oxygens (including phenoxy) is 2. The van der Waals surface area contributed by atoms with E-state index in [0.29, 0.717) is 23.3 Å². The van der Waals surface area contributed by atoms with E-state index in [1.807, 2.05) is 6.07 Å². The molecular formula is C26H35N3O5. The van der Waals surface area contributed by atoms with E-state index < -0.39 is 43.1 Å². The zero-order chi connectivity index (χ0) is 26.7. The van der Waals surface area contributed by atoms with E-state index in [1.54, 1.807) is 24.3 Å². The van der Waals surface area contributed by atoms with Crippen molar-refractivity contribution in [2.24, 2.45) is 4.99 Å². The smallest absolute Gasteiger partial charge is 0.437 e. The summed E-state index contributed by atoms with van der Waals surface area (Å²) in [5, 5.41) is 2.42. The summed E-state index contributed by atoms with van der Waals surface area (Å²) in [6.45, 7) is -3.67. The molecule has 0 bridgehead atoms. The number of benzene rings is 1. The third-order valence-electron chi connectivity index (χ3n) is 5.78. The summed E-state index contributed by atoms with van der Waals surface area (Å²) in [6, 6.07) is 8.90. The first-order valence-corrected chi connectivity index (χ1v) is 11.9. The number of nitrogens with one attached hydrogen (secondary N) is 1. The van der Waals surface area contributed by atoms with Gasteiger partial charge in [0, 0.05) is 17.5 Å². The van der Waals surface area contributed by atoms with Crippen LogP contribution < -0.4 is 5.32 Å². The average molecular weight is 473 g/mol. The molecular weight excluding hydrogens is 434 g/mol. The summed E-state index contributed by atoms with van der Waals surface area (Å²) >= 11 is 0. The van der Waals surface area contributed by atoms with Gasteiger partial charge in [-0.05, 0) is 56.9 Å². The van der Waals surface area contributed by atoms with Gasteiger partial charge < -0.3 is 14.4 Å². The Labute approximate surface area is 205 Å². The summed E-state index contributed by atoms with van der Waals surface area (Å²) in [4.78, 5) is 42.3. The highest BCUT2D eigenvalue weighted by molar-refractivity contribution is 6.01. The van der Waals surface area contributed by atoms with Crippen molar-refractivity contribution in [2.45, 2.75) is 76.4 Å². The van der Waals surface area contributed by atoms with Gasteiger partial charge in [0.25, 0.3) is 0 Å². The summed E-state index contributed by atoms with van der Waals surface area (Å²) in [5.74, 6) is -1.83. The van der Waals surface area contributed by atoms with E-state index in [4.69, 9.17) is 13.6 Å². The number of rotatable bonds is 2. The van der Waals surface area contributed by atoms with Crippen LogP contribution in [0, 0.1) is 0 Å². The van der Waals surface area contributed by atoms with Gasteiger partial charge in [0.15, 0.2) is 0 Å². The zero-order valence-electron chi connectivity index (χ0n) is 22.5. The Hall–Kier alpha value is -3.16. The summed E-state index contributed by atoms with van der Waals surface area (Å²) in [6.07, 6.45) is 10.4. The Morgan fingerprint density at radius 3 is 2.62 bits per heavy atom.